The molecule has 0 saturated carbocycles. The predicted octanol–water partition coefficient (Wildman–Crippen LogP) is 5.05. The second-order valence-corrected chi connectivity index (χ2v) is 8.65. The van der Waals surface area contributed by atoms with Crippen molar-refractivity contribution < 1.29 is 14.3 Å². The molecule has 0 bridgehead atoms. The van der Waals surface area contributed by atoms with Crippen molar-refractivity contribution >= 4 is 23.0 Å². The fourth-order valence-electron chi connectivity index (χ4n) is 4.24. The Labute approximate surface area is 201 Å². The third-order valence-corrected chi connectivity index (χ3v) is 5.99. The van der Waals surface area contributed by atoms with Crippen LogP contribution in [0.25, 0.3) is 0 Å². The summed E-state index contributed by atoms with van der Waals surface area (Å²) in [5.41, 5.74) is 5.24. The summed E-state index contributed by atoms with van der Waals surface area (Å²) in [5, 5.41) is 2.99. The van der Waals surface area contributed by atoms with Crippen molar-refractivity contribution in [1.82, 2.24) is 4.90 Å². The Kier molecular flexibility index (Phi) is 7.28. The van der Waals surface area contributed by atoms with Gasteiger partial charge in [-0.15, -0.1) is 0 Å². The van der Waals surface area contributed by atoms with Gasteiger partial charge in [0.05, 0.1) is 25.6 Å². The first-order valence-electron chi connectivity index (χ1n) is 11.4. The summed E-state index contributed by atoms with van der Waals surface area (Å²) in [6.07, 6.45) is 2.13. The van der Waals surface area contributed by atoms with Crippen LogP contribution < -0.4 is 14.8 Å². The first kappa shape index (κ1) is 23.5. The Balaban J connectivity index is 1.72. The van der Waals surface area contributed by atoms with Gasteiger partial charge in [0.25, 0.3) is 0 Å². The molecule has 1 unspecified atom stereocenters. The fourth-order valence-corrected chi connectivity index (χ4v) is 4.24. The van der Waals surface area contributed by atoms with E-state index in [1.165, 1.54) is 5.56 Å². The molecule has 0 aromatic heterocycles. The number of nitrogens with one attached hydrogen (secondary N) is 1. The number of hydrogen-bond donors (Lipinski definition) is 1. The van der Waals surface area contributed by atoms with Crippen molar-refractivity contribution in [2.24, 2.45) is 4.99 Å². The van der Waals surface area contributed by atoms with E-state index in [0.29, 0.717) is 22.9 Å². The molecular weight excluding hydrogens is 426 g/mol. The maximum Gasteiger partial charge on any atom is 0.238 e. The molecule has 1 aliphatic heterocycles. The number of carbonyl (C=O) groups is 1. The summed E-state index contributed by atoms with van der Waals surface area (Å²) in [5.74, 6) is 0.479. The standard InChI is InChI=1S/C28H31N3O3/c1-31(2)16-8-9-19-12-14-21(15-13-19)29-27(20-10-6-5-7-11-20)26-22-17-24(33-3)25(34-4)18-23(22)30-28(26)32/h5-7,10-15,17-18,26H,8-9,16H2,1-4H3,(H,30,32). The number of fused-ring (bicyclic) bond motifs is 1. The van der Waals surface area contributed by atoms with Crippen LogP contribution in [0.5, 0.6) is 11.5 Å². The van der Waals surface area contributed by atoms with E-state index in [0.717, 1.165) is 36.2 Å². The summed E-state index contributed by atoms with van der Waals surface area (Å²) >= 11 is 0. The molecule has 4 rings (SSSR count). The lowest BCUT2D eigenvalue weighted by Gasteiger charge is -2.15. The molecule has 1 aliphatic rings. The second-order valence-electron chi connectivity index (χ2n) is 8.65. The molecule has 0 radical (unpaired) electrons. The predicted molar refractivity (Wildman–Crippen MR) is 137 cm³/mol. The molecule has 0 spiro atoms. The van der Waals surface area contributed by atoms with Crippen LogP contribution in [0.4, 0.5) is 11.4 Å². The van der Waals surface area contributed by atoms with Crippen molar-refractivity contribution in [3.63, 3.8) is 0 Å². The van der Waals surface area contributed by atoms with E-state index >= 15 is 0 Å². The average molecular weight is 458 g/mol. The first-order chi connectivity index (χ1) is 16.5. The lowest BCUT2D eigenvalue weighted by Crippen LogP contribution is -2.22. The maximum absolute atomic E-state index is 13.2. The summed E-state index contributed by atoms with van der Waals surface area (Å²) in [7, 11) is 7.35. The minimum Gasteiger partial charge on any atom is -0.493 e. The molecule has 6 nitrogen and oxygen atoms in total. The number of nitrogens with zero attached hydrogens (tertiary/aromatic N) is 2. The Morgan fingerprint density at radius 2 is 1.65 bits per heavy atom. The number of amides is 1. The molecule has 0 aliphatic carbocycles. The number of benzene rings is 3. The van der Waals surface area contributed by atoms with Gasteiger partial charge in [-0.1, -0.05) is 42.5 Å². The fraction of sp³-hybridized carbons (Fsp3) is 0.286. The molecule has 0 saturated heterocycles. The molecule has 1 atom stereocenters. The van der Waals surface area contributed by atoms with Gasteiger partial charge in [-0.3, -0.25) is 9.79 Å². The Morgan fingerprint density at radius 3 is 2.29 bits per heavy atom. The van der Waals surface area contributed by atoms with Crippen molar-refractivity contribution in [3.8, 4) is 11.5 Å². The van der Waals surface area contributed by atoms with E-state index in [9.17, 15) is 4.79 Å². The molecule has 0 fully saturated rings. The van der Waals surface area contributed by atoms with Gasteiger partial charge in [0.1, 0.15) is 5.92 Å². The molecule has 34 heavy (non-hydrogen) atoms. The maximum atomic E-state index is 13.2. The van der Waals surface area contributed by atoms with E-state index < -0.39 is 5.92 Å². The third kappa shape index (κ3) is 5.13. The normalized spacial score (nSPS) is 15.3. The zero-order chi connectivity index (χ0) is 24.1. The second kappa shape index (κ2) is 10.5. The highest BCUT2D eigenvalue weighted by atomic mass is 16.5. The number of hydrogen-bond acceptors (Lipinski definition) is 5. The summed E-state index contributed by atoms with van der Waals surface area (Å²) in [6.45, 7) is 1.06. The lowest BCUT2D eigenvalue weighted by molar-refractivity contribution is -0.115. The number of aliphatic imine (C=N–C) groups is 1. The number of ether oxygens (including phenoxy) is 2. The summed E-state index contributed by atoms with van der Waals surface area (Å²) in [4.78, 5) is 20.4. The Morgan fingerprint density at radius 1 is 0.971 bits per heavy atom. The van der Waals surface area contributed by atoms with Crippen LogP contribution in [-0.4, -0.2) is 51.4 Å². The van der Waals surface area contributed by atoms with Crippen molar-refractivity contribution in [2.75, 3.05) is 40.2 Å². The van der Waals surface area contributed by atoms with Crippen LogP contribution in [-0.2, 0) is 11.2 Å². The van der Waals surface area contributed by atoms with Crippen molar-refractivity contribution in [2.45, 2.75) is 18.8 Å². The van der Waals surface area contributed by atoms with E-state index in [4.69, 9.17) is 14.5 Å². The minimum absolute atomic E-state index is 0.117. The largest absolute Gasteiger partial charge is 0.493 e. The number of anilines is 1. The molecule has 176 valence electrons. The minimum atomic E-state index is -0.558. The molecule has 1 heterocycles. The first-order valence-corrected chi connectivity index (χ1v) is 11.4. The smallest absolute Gasteiger partial charge is 0.238 e. The Hall–Kier alpha value is -3.64. The van der Waals surface area contributed by atoms with Gasteiger partial charge in [0.15, 0.2) is 11.5 Å². The van der Waals surface area contributed by atoms with Gasteiger partial charge in [-0.2, -0.15) is 0 Å². The molecular formula is C28H31N3O3. The molecule has 1 N–H and O–H groups in total. The monoisotopic (exact) mass is 457 g/mol. The summed E-state index contributed by atoms with van der Waals surface area (Å²) in [6, 6.07) is 21.8. The van der Waals surface area contributed by atoms with Crippen molar-refractivity contribution in [1.29, 1.82) is 0 Å². The third-order valence-electron chi connectivity index (χ3n) is 5.99. The van der Waals surface area contributed by atoms with Gasteiger partial charge in [-0.05, 0) is 68.4 Å². The van der Waals surface area contributed by atoms with E-state index in [1.807, 2.05) is 48.5 Å². The number of aryl methyl sites for hydroxylation is 1. The number of rotatable bonds is 9. The van der Waals surface area contributed by atoms with Crippen LogP contribution in [0.15, 0.2) is 71.7 Å². The number of methoxy groups -OCH3 is 2. The molecule has 6 heteroatoms. The van der Waals surface area contributed by atoms with Gasteiger partial charge in [0, 0.05) is 11.8 Å². The molecule has 3 aromatic rings. The van der Waals surface area contributed by atoms with Gasteiger partial charge in [-0.25, -0.2) is 0 Å². The zero-order valence-electron chi connectivity index (χ0n) is 20.2. The molecule has 3 aromatic carbocycles. The van der Waals surface area contributed by atoms with Gasteiger partial charge < -0.3 is 19.7 Å². The Bertz CT molecular complexity index is 1170. The highest BCUT2D eigenvalue weighted by Crippen LogP contribution is 2.42. The zero-order valence-corrected chi connectivity index (χ0v) is 20.2. The SMILES string of the molecule is COc1cc2c(cc1OC)C(C(=Nc1ccc(CCCN(C)C)cc1)c1ccccc1)C(=O)N2. The average Bonchev–Trinajstić information content (AvgIpc) is 3.17. The van der Waals surface area contributed by atoms with E-state index in [-0.39, 0.29) is 5.91 Å². The van der Waals surface area contributed by atoms with E-state index in [1.54, 1.807) is 20.3 Å². The van der Waals surface area contributed by atoms with Crippen molar-refractivity contribution in [3.05, 3.63) is 83.4 Å². The van der Waals surface area contributed by atoms with Crippen LogP contribution in [0, 0.1) is 0 Å². The number of carbonyl (C=O) groups excluding carboxylic acids is 1. The van der Waals surface area contributed by atoms with Crippen LogP contribution >= 0.6 is 0 Å². The van der Waals surface area contributed by atoms with Crippen LogP contribution in [0.1, 0.15) is 29.0 Å². The van der Waals surface area contributed by atoms with Crippen LogP contribution in [0.3, 0.4) is 0 Å². The van der Waals surface area contributed by atoms with Gasteiger partial charge >= 0.3 is 0 Å². The lowest BCUT2D eigenvalue weighted by atomic mass is 9.90. The highest BCUT2D eigenvalue weighted by Gasteiger charge is 2.36. The summed E-state index contributed by atoms with van der Waals surface area (Å²) < 4.78 is 10.9. The quantitative estimate of drug-likeness (QED) is 0.457. The molecule has 1 amide bonds. The van der Waals surface area contributed by atoms with Gasteiger partial charge in [0.2, 0.25) is 5.91 Å². The highest BCUT2D eigenvalue weighted by molar-refractivity contribution is 6.24. The van der Waals surface area contributed by atoms with E-state index in [2.05, 4.69) is 36.4 Å². The topological polar surface area (TPSA) is 63.2 Å². The van der Waals surface area contributed by atoms with Crippen LogP contribution in [0.2, 0.25) is 0 Å².